The molecule has 2 aliphatic heterocycles. The zero-order valence-electron chi connectivity index (χ0n) is 10.5. The molecule has 0 radical (unpaired) electrons. The van der Waals surface area contributed by atoms with Crippen LogP contribution in [-0.4, -0.2) is 37.2 Å². The topological polar surface area (TPSA) is 12.5 Å². The summed E-state index contributed by atoms with van der Waals surface area (Å²) in [5, 5.41) is 0. The van der Waals surface area contributed by atoms with Gasteiger partial charge in [-0.15, -0.1) is 0 Å². The Kier molecular flexibility index (Phi) is 3.36. The highest BCUT2D eigenvalue weighted by molar-refractivity contribution is 5.03. The highest BCUT2D eigenvalue weighted by atomic mass is 16.5. The van der Waals surface area contributed by atoms with E-state index in [0.29, 0.717) is 5.54 Å². The number of nitrogens with zero attached hydrogens (tertiary/aromatic N) is 1. The van der Waals surface area contributed by atoms with Gasteiger partial charge in [0.25, 0.3) is 0 Å². The van der Waals surface area contributed by atoms with Gasteiger partial charge in [-0.1, -0.05) is 13.8 Å². The zero-order valence-corrected chi connectivity index (χ0v) is 10.5. The second-order valence-electron chi connectivity index (χ2n) is 5.90. The van der Waals surface area contributed by atoms with Crippen LogP contribution in [0.3, 0.4) is 0 Å². The van der Waals surface area contributed by atoms with Gasteiger partial charge in [0, 0.05) is 19.2 Å². The highest BCUT2D eigenvalue weighted by Gasteiger charge is 2.47. The van der Waals surface area contributed by atoms with E-state index < -0.39 is 0 Å². The summed E-state index contributed by atoms with van der Waals surface area (Å²) in [5.41, 5.74) is 0.553. The molecule has 88 valence electrons. The van der Waals surface area contributed by atoms with E-state index in [1.807, 2.05) is 7.11 Å². The summed E-state index contributed by atoms with van der Waals surface area (Å²) in [6.45, 7) is 8.27. The molecule has 2 atom stereocenters. The van der Waals surface area contributed by atoms with Crippen LogP contribution in [0.15, 0.2) is 0 Å². The van der Waals surface area contributed by atoms with Crippen molar-refractivity contribution in [3.05, 3.63) is 0 Å². The minimum atomic E-state index is 0.553. The van der Waals surface area contributed by atoms with E-state index in [4.69, 9.17) is 4.74 Å². The van der Waals surface area contributed by atoms with Crippen molar-refractivity contribution < 1.29 is 4.74 Å². The first-order valence-electron chi connectivity index (χ1n) is 6.40. The summed E-state index contributed by atoms with van der Waals surface area (Å²) in [6, 6.07) is 0. The number of hydrogen-bond donors (Lipinski definition) is 0. The SMILES string of the molecule is COCC1CN2CCCC2(CC(C)C)C1. The minimum Gasteiger partial charge on any atom is -0.384 e. The van der Waals surface area contributed by atoms with Crippen LogP contribution in [0.4, 0.5) is 0 Å². The molecule has 0 aromatic rings. The molecule has 0 aromatic carbocycles. The van der Waals surface area contributed by atoms with Gasteiger partial charge in [-0.25, -0.2) is 0 Å². The van der Waals surface area contributed by atoms with Crippen molar-refractivity contribution in [3.8, 4) is 0 Å². The Morgan fingerprint density at radius 1 is 1.47 bits per heavy atom. The van der Waals surface area contributed by atoms with Crippen molar-refractivity contribution in [2.45, 2.75) is 45.1 Å². The Bertz CT molecular complexity index is 217. The van der Waals surface area contributed by atoms with Crippen LogP contribution in [-0.2, 0) is 4.74 Å². The molecule has 2 aliphatic rings. The summed E-state index contributed by atoms with van der Waals surface area (Å²) in [5.74, 6) is 1.61. The molecular formula is C13H25NO. The lowest BCUT2D eigenvalue weighted by molar-refractivity contribution is 0.153. The standard InChI is InChI=1S/C13H25NO/c1-11(2)7-13-5-4-6-14(13)9-12(8-13)10-15-3/h11-12H,4-10H2,1-3H3. The molecular weight excluding hydrogens is 186 g/mol. The first-order chi connectivity index (χ1) is 7.16. The predicted octanol–water partition coefficient (Wildman–Crippen LogP) is 2.53. The molecule has 0 aliphatic carbocycles. The van der Waals surface area contributed by atoms with E-state index in [9.17, 15) is 0 Å². The van der Waals surface area contributed by atoms with E-state index in [-0.39, 0.29) is 0 Å². The molecule has 0 amide bonds. The highest BCUT2D eigenvalue weighted by Crippen LogP contribution is 2.45. The molecule has 2 unspecified atom stereocenters. The molecule has 2 fully saturated rings. The summed E-state index contributed by atoms with van der Waals surface area (Å²) >= 11 is 0. The molecule has 2 nitrogen and oxygen atoms in total. The van der Waals surface area contributed by atoms with Gasteiger partial charge in [-0.2, -0.15) is 0 Å². The van der Waals surface area contributed by atoms with Crippen molar-refractivity contribution in [2.75, 3.05) is 26.8 Å². The Hall–Kier alpha value is -0.0800. The van der Waals surface area contributed by atoms with E-state index in [1.165, 1.54) is 38.8 Å². The van der Waals surface area contributed by atoms with Gasteiger partial charge < -0.3 is 4.74 Å². The maximum absolute atomic E-state index is 5.31. The Labute approximate surface area is 94.0 Å². The van der Waals surface area contributed by atoms with Crippen LogP contribution < -0.4 is 0 Å². The molecule has 2 rings (SSSR count). The summed E-state index contributed by atoms with van der Waals surface area (Å²) in [4.78, 5) is 2.75. The van der Waals surface area contributed by atoms with Crippen LogP contribution in [0, 0.1) is 11.8 Å². The maximum Gasteiger partial charge on any atom is 0.0503 e. The molecule has 0 aromatic heterocycles. The average molecular weight is 211 g/mol. The van der Waals surface area contributed by atoms with Crippen molar-refractivity contribution in [1.82, 2.24) is 4.90 Å². The molecule has 2 saturated heterocycles. The van der Waals surface area contributed by atoms with Gasteiger partial charge in [0.15, 0.2) is 0 Å². The third kappa shape index (κ3) is 2.21. The first kappa shape index (κ1) is 11.4. The smallest absolute Gasteiger partial charge is 0.0503 e. The fourth-order valence-electron chi connectivity index (χ4n) is 3.85. The van der Waals surface area contributed by atoms with Crippen molar-refractivity contribution in [2.24, 2.45) is 11.8 Å². The molecule has 0 saturated carbocycles. The Morgan fingerprint density at radius 2 is 2.27 bits per heavy atom. The van der Waals surface area contributed by atoms with Crippen molar-refractivity contribution in [1.29, 1.82) is 0 Å². The van der Waals surface area contributed by atoms with Crippen LogP contribution >= 0.6 is 0 Å². The number of methoxy groups -OCH3 is 1. The van der Waals surface area contributed by atoms with Gasteiger partial charge in [-0.3, -0.25) is 4.90 Å². The largest absolute Gasteiger partial charge is 0.384 e. The Morgan fingerprint density at radius 3 is 2.93 bits per heavy atom. The van der Waals surface area contributed by atoms with Gasteiger partial charge in [0.05, 0.1) is 6.61 Å². The Balaban J connectivity index is 2.01. The number of fused-ring (bicyclic) bond motifs is 1. The van der Waals surface area contributed by atoms with Crippen LogP contribution in [0.5, 0.6) is 0 Å². The number of rotatable bonds is 4. The van der Waals surface area contributed by atoms with E-state index >= 15 is 0 Å². The lowest BCUT2D eigenvalue weighted by Crippen LogP contribution is -2.39. The maximum atomic E-state index is 5.31. The lowest BCUT2D eigenvalue weighted by Gasteiger charge is -2.33. The molecule has 0 N–H and O–H groups in total. The molecule has 0 bridgehead atoms. The average Bonchev–Trinajstić information content (AvgIpc) is 2.59. The van der Waals surface area contributed by atoms with E-state index in [0.717, 1.165) is 18.4 Å². The minimum absolute atomic E-state index is 0.553. The van der Waals surface area contributed by atoms with Gasteiger partial charge in [0.2, 0.25) is 0 Å². The van der Waals surface area contributed by atoms with Gasteiger partial charge in [0.1, 0.15) is 0 Å². The van der Waals surface area contributed by atoms with Crippen LogP contribution in [0.1, 0.15) is 39.5 Å². The number of hydrogen-bond acceptors (Lipinski definition) is 2. The van der Waals surface area contributed by atoms with Crippen molar-refractivity contribution >= 4 is 0 Å². The summed E-state index contributed by atoms with van der Waals surface area (Å²) in [7, 11) is 1.83. The fourth-order valence-corrected chi connectivity index (χ4v) is 3.85. The zero-order chi connectivity index (χ0) is 10.9. The molecule has 0 spiro atoms. The van der Waals surface area contributed by atoms with E-state index in [2.05, 4.69) is 18.7 Å². The molecule has 2 heteroatoms. The van der Waals surface area contributed by atoms with Gasteiger partial charge in [-0.05, 0) is 44.1 Å². The second-order valence-corrected chi connectivity index (χ2v) is 5.90. The predicted molar refractivity (Wildman–Crippen MR) is 63.0 cm³/mol. The fraction of sp³-hybridized carbons (Fsp3) is 1.00. The quantitative estimate of drug-likeness (QED) is 0.708. The van der Waals surface area contributed by atoms with Crippen molar-refractivity contribution in [3.63, 3.8) is 0 Å². The third-order valence-electron chi connectivity index (χ3n) is 4.08. The van der Waals surface area contributed by atoms with Crippen LogP contribution in [0.25, 0.3) is 0 Å². The number of ether oxygens (including phenoxy) is 1. The monoisotopic (exact) mass is 211 g/mol. The second kappa shape index (κ2) is 4.42. The third-order valence-corrected chi connectivity index (χ3v) is 4.08. The summed E-state index contributed by atoms with van der Waals surface area (Å²) < 4.78 is 5.31. The molecule has 15 heavy (non-hydrogen) atoms. The normalized spacial score (nSPS) is 36.4. The van der Waals surface area contributed by atoms with E-state index in [1.54, 1.807) is 0 Å². The first-order valence-corrected chi connectivity index (χ1v) is 6.40. The summed E-state index contributed by atoms with van der Waals surface area (Å²) in [6.07, 6.45) is 5.59. The lowest BCUT2D eigenvalue weighted by atomic mass is 9.83. The van der Waals surface area contributed by atoms with Crippen LogP contribution in [0.2, 0.25) is 0 Å². The molecule has 2 heterocycles. The van der Waals surface area contributed by atoms with Gasteiger partial charge >= 0.3 is 0 Å².